The first kappa shape index (κ1) is 14.5. The van der Waals surface area contributed by atoms with Crippen molar-refractivity contribution in [3.8, 4) is 6.07 Å². The van der Waals surface area contributed by atoms with Crippen molar-refractivity contribution in [3.63, 3.8) is 0 Å². The normalized spacial score (nSPS) is 10.4. The second-order valence-corrected chi connectivity index (χ2v) is 4.55. The summed E-state index contributed by atoms with van der Waals surface area (Å²) >= 11 is 0. The van der Waals surface area contributed by atoms with Crippen LogP contribution >= 0.6 is 0 Å². The number of carbonyl (C=O) groups excluding carboxylic acids is 1. The molecule has 0 aliphatic heterocycles. The lowest BCUT2D eigenvalue weighted by Crippen LogP contribution is -2.52. The maximum atomic E-state index is 11.5. The van der Waals surface area contributed by atoms with Crippen LogP contribution in [0, 0.1) is 11.3 Å². The zero-order chi connectivity index (χ0) is 14.5. The molecule has 1 aromatic rings. The number of rotatable bonds is 4. The predicted molar refractivity (Wildman–Crippen MR) is 68.2 cm³/mol. The molecule has 6 nitrogen and oxygen atoms in total. The molecule has 0 saturated heterocycles. The number of amides is 2. The lowest BCUT2D eigenvalue weighted by atomic mass is 10.1. The third kappa shape index (κ3) is 4.32. The molecule has 0 fully saturated rings. The van der Waals surface area contributed by atoms with Crippen molar-refractivity contribution in [1.82, 2.24) is 10.6 Å². The lowest BCUT2D eigenvalue weighted by molar-refractivity contribution is -0.142. The molecule has 2 amide bonds. The van der Waals surface area contributed by atoms with Crippen LogP contribution in [0.15, 0.2) is 24.3 Å². The molecular formula is C13H15N3O3. The van der Waals surface area contributed by atoms with Gasteiger partial charge in [-0.1, -0.05) is 12.1 Å². The number of carbonyl (C=O) groups is 2. The highest BCUT2D eigenvalue weighted by molar-refractivity contribution is 5.85. The Morgan fingerprint density at radius 3 is 2.37 bits per heavy atom. The molecule has 1 aromatic carbocycles. The molecule has 0 unspecified atom stereocenters. The highest BCUT2D eigenvalue weighted by atomic mass is 16.4. The minimum Gasteiger partial charge on any atom is -0.480 e. The number of urea groups is 1. The van der Waals surface area contributed by atoms with Crippen LogP contribution < -0.4 is 10.6 Å². The largest absolute Gasteiger partial charge is 0.480 e. The van der Waals surface area contributed by atoms with Gasteiger partial charge in [0.1, 0.15) is 5.54 Å². The molecule has 0 heterocycles. The Morgan fingerprint density at radius 1 is 1.32 bits per heavy atom. The van der Waals surface area contributed by atoms with Crippen LogP contribution in [0.4, 0.5) is 4.79 Å². The van der Waals surface area contributed by atoms with Gasteiger partial charge in [-0.3, -0.25) is 0 Å². The van der Waals surface area contributed by atoms with Gasteiger partial charge in [-0.05, 0) is 31.5 Å². The molecule has 0 saturated carbocycles. The Kier molecular flexibility index (Phi) is 4.48. The molecule has 6 heteroatoms. The number of hydrogen-bond acceptors (Lipinski definition) is 3. The van der Waals surface area contributed by atoms with E-state index in [-0.39, 0.29) is 6.54 Å². The van der Waals surface area contributed by atoms with E-state index in [1.807, 2.05) is 6.07 Å². The van der Waals surface area contributed by atoms with E-state index in [2.05, 4.69) is 10.6 Å². The smallest absolute Gasteiger partial charge is 0.328 e. The fourth-order valence-corrected chi connectivity index (χ4v) is 1.26. The van der Waals surface area contributed by atoms with Gasteiger partial charge >= 0.3 is 12.0 Å². The molecule has 3 N–H and O–H groups in total. The summed E-state index contributed by atoms with van der Waals surface area (Å²) in [6, 6.07) is 8.18. The Balaban J connectivity index is 2.50. The second kappa shape index (κ2) is 5.87. The summed E-state index contributed by atoms with van der Waals surface area (Å²) in [6.07, 6.45) is 0. The van der Waals surface area contributed by atoms with E-state index >= 15 is 0 Å². The van der Waals surface area contributed by atoms with Gasteiger partial charge in [0.2, 0.25) is 0 Å². The van der Waals surface area contributed by atoms with Crippen LogP contribution in [0.25, 0.3) is 0 Å². The van der Waals surface area contributed by atoms with Crippen LogP contribution in [-0.4, -0.2) is 22.6 Å². The van der Waals surface area contributed by atoms with Crippen molar-refractivity contribution in [2.75, 3.05) is 0 Å². The van der Waals surface area contributed by atoms with E-state index < -0.39 is 17.5 Å². The first-order chi connectivity index (χ1) is 8.85. The molecule has 100 valence electrons. The number of nitrogens with zero attached hydrogens (tertiary/aromatic N) is 1. The van der Waals surface area contributed by atoms with Crippen LogP contribution in [0.1, 0.15) is 25.0 Å². The number of aliphatic carboxylic acids is 1. The SMILES string of the molecule is CC(C)(NC(=O)NCc1ccc(C#N)cc1)C(=O)O. The maximum absolute atomic E-state index is 11.5. The van der Waals surface area contributed by atoms with Crippen LogP contribution in [0.2, 0.25) is 0 Å². The third-order valence-electron chi connectivity index (χ3n) is 2.50. The summed E-state index contributed by atoms with van der Waals surface area (Å²) < 4.78 is 0. The second-order valence-electron chi connectivity index (χ2n) is 4.55. The maximum Gasteiger partial charge on any atom is 0.328 e. The highest BCUT2D eigenvalue weighted by Crippen LogP contribution is 2.04. The van der Waals surface area contributed by atoms with Crippen LogP contribution in [0.3, 0.4) is 0 Å². The zero-order valence-electron chi connectivity index (χ0n) is 10.7. The van der Waals surface area contributed by atoms with Crippen LogP contribution in [-0.2, 0) is 11.3 Å². The van der Waals surface area contributed by atoms with Gasteiger partial charge in [0, 0.05) is 6.54 Å². The quantitative estimate of drug-likeness (QED) is 0.758. The van der Waals surface area contributed by atoms with Crippen molar-refractivity contribution in [2.45, 2.75) is 25.9 Å². The number of benzene rings is 1. The number of nitrogens with one attached hydrogen (secondary N) is 2. The van der Waals surface area contributed by atoms with E-state index in [1.165, 1.54) is 13.8 Å². The molecule has 19 heavy (non-hydrogen) atoms. The Bertz CT molecular complexity index is 515. The van der Waals surface area contributed by atoms with E-state index in [4.69, 9.17) is 10.4 Å². The van der Waals surface area contributed by atoms with E-state index in [0.29, 0.717) is 5.56 Å². The van der Waals surface area contributed by atoms with Gasteiger partial charge in [-0.15, -0.1) is 0 Å². The number of carboxylic acid groups (broad SMARTS) is 1. The predicted octanol–water partition coefficient (Wildman–Crippen LogP) is 1.22. The fraction of sp³-hybridized carbons (Fsp3) is 0.308. The zero-order valence-corrected chi connectivity index (χ0v) is 10.7. The third-order valence-corrected chi connectivity index (χ3v) is 2.50. The Labute approximate surface area is 111 Å². The topological polar surface area (TPSA) is 102 Å². The number of carboxylic acids is 1. The minimum absolute atomic E-state index is 0.257. The summed E-state index contributed by atoms with van der Waals surface area (Å²) in [7, 11) is 0. The number of hydrogen-bond donors (Lipinski definition) is 3. The Morgan fingerprint density at radius 2 is 1.89 bits per heavy atom. The van der Waals surface area contributed by atoms with Crippen molar-refractivity contribution in [1.29, 1.82) is 5.26 Å². The van der Waals surface area contributed by atoms with Crippen molar-refractivity contribution < 1.29 is 14.7 Å². The van der Waals surface area contributed by atoms with E-state index in [1.54, 1.807) is 24.3 Å². The first-order valence-corrected chi connectivity index (χ1v) is 5.63. The average Bonchev–Trinajstić information content (AvgIpc) is 2.36. The highest BCUT2D eigenvalue weighted by Gasteiger charge is 2.28. The molecule has 0 bridgehead atoms. The van der Waals surface area contributed by atoms with Gasteiger partial charge < -0.3 is 15.7 Å². The summed E-state index contributed by atoms with van der Waals surface area (Å²) in [5.74, 6) is -1.11. The standard InChI is InChI=1S/C13H15N3O3/c1-13(2,11(17)18)16-12(19)15-8-10-5-3-9(7-14)4-6-10/h3-6H,8H2,1-2H3,(H,17,18)(H2,15,16,19). The van der Waals surface area contributed by atoms with Gasteiger partial charge in [0.05, 0.1) is 11.6 Å². The van der Waals surface area contributed by atoms with E-state index in [9.17, 15) is 9.59 Å². The van der Waals surface area contributed by atoms with Gasteiger partial charge in [-0.2, -0.15) is 5.26 Å². The van der Waals surface area contributed by atoms with Crippen molar-refractivity contribution in [2.24, 2.45) is 0 Å². The first-order valence-electron chi connectivity index (χ1n) is 5.63. The fourth-order valence-electron chi connectivity index (χ4n) is 1.26. The summed E-state index contributed by atoms with van der Waals surface area (Å²) in [6.45, 7) is 3.06. The molecule has 0 aliphatic carbocycles. The molecule has 1 rings (SSSR count). The summed E-state index contributed by atoms with van der Waals surface area (Å²) in [4.78, 5) is 22.3. The molecule has 0 aliphatic rings. The summed E-state index contributed by atoms with van der Waals surface area (Å²) in [5, 5.41) is 22.4. The van der Waals surface area contributed by atoms with E-state index in [0.717, 1.165) is 5.56 Å². The molecule has 0 aromatic heterocycles. The monoisotopic (exact) mass is 261 g/mol. The Hall–Kier alpha value is -2.55. The summed E-state index contributed by atoms with van der Waals surface area (Å²) in [5.41, 5.74) is 0.0388. The van der Waals surface area contributed by atoms with Crippen molar-refractivity contribution in [3.05, 3.63) is 35.4 Å². The van der Waals surface area contributed by atoms with Gasteiger partial charge in [0.15, 0.2) is 0 Å². The molecule has 0 spiro atoms. The molecule has 0 radical (unpaired) electrons. The molecule has 0 atom stereocenters. The molecular weight excluding hydrogens is 246 g/mol. The van der Waals surface area contributed by atoms with Crippen LogP contribution in [0.5, 0.6) is 0 Å². The number of nitriles is 1. The van der Waals surface area contributed by atoms with Gasteiger partial charge in [-0.25, -0.2) is 9.59 Å². The minimum atomic E-state index is -1.32. The average molecular weight is 261 g/mol. The van der Waals surface area contributed by atoms with Gasteiger partial charge in [0.25, 0.3) is 0 Å². The lowest BCUT2D eigenvalue weighted by Gasteiger charge is -2.21. The van der Waals surface area contributed by atoms with Crippen molar-refractivity contribution >= 4 is 12.0 Å².